The lowest BCUT2D eigenvalue weighted by Crippen LogP contribution is -2.39. The fraction of sp³-hybridized carbons (Fsp3) is 0.333. The quantitative estimate of drug-likeness (QED) is 0.360. The molecule has 2 aromatic rings. The number of ether oxygens (including phenoxy) is 1. The molecule has 0 saturated heterocycles. The van der Waals surface area contributed by atoms with Crippen molar-refractivity contribution < 1.29 is 24.2 Å². The molecule has 0 unspecified atom stereocenters. The molecule has 2 aliphatic carbocycles. The Morgan fingerprint density at radius 2 is 1.54 bits per heavy atom. The standard InChI is InChI=1S/C27H25N3O7/c1-2-28-19-8-4-10-22(31)26(19)25(27-20(28)9-5-11-23(27)32)16-6-3-7-18(14-16)37-24-13-12-17(29(33)34)15-21(24)30(35)36/h3,6-7,12-15,25H,2,4-5,8-11H2,1H3. The van der Waals surface area contributed by atoms with Crippen molar-refractivity contribution in [1.29, 1.82) is 0 Å². The number of nitro benzene ring substituents is 2. The fourth-order valence-electron chi connectivity index (χ4n) is 5.66. The van der Waals surface area contributed by atoms with E-state index < -0.39 is 27.1 Å². The summed E-state index contributed by atoms with van der Waals surface area (Å²) in [5.74, 6) is -0.332. The van der Waals surface area contributed by atoms with Gasteiger partial charge >= 0.3 is 5.69 Å². The molecule has 10 heteroatoms. The predicted molar refractivity (Wildman–Crippen MR) is 133 cm³/mol. The van der Waals surface area contributed by atoms with E-state index in [1.54, 1.807) is 18.2 Å². The topological polar surface area (TPSA) is 133 Å². The van der Waals surface area contributed by atoms with Crippen LogP contribution in [0.25, 0.3) is 0 Å². The number of carbonyl (C=O) groups excluding carboxylic acids is 2. The van der Waals surface area contributed by atoms with E-state index in [0.717, 1.165) is 49.2 Å². The molecule has 5 rings (SSSR count). The van der Waals surface area contributed by atoms with Crippen LogP contribution in [0, 0.1) is 20.2 Å². The van der Waals surface area contributed by atoms with Crippen LogP contribution in [0.4, 0.5) is 11.4 Å². The molecule has 0 N–H and O–H groups in total. The van der Waals surface area contributed by atoms with Crippen molar-refractivity contribution in [2.45, 2.75) is 51.4 Å². The monoisotopic (exact) mass is 503 g/mol. The molecule has 37 heavy (non-hydrogen) atoms. The highest BCUT2D eigenvalue weighted by Gasteiger charge is 2.42. The number of benzene rings is 2. The van der Waals surface area contributed by atoms with Gasteiger partial charge in [0.15, 0.2) is 11.6 Å². The molecule has 1 heterocycles. The predicted octanol–water partition coefficient (Wildman–Crippen LogP) is 5.73. The highest BCUT2D eigenvalue weighted by Crippen LogP contribution is 2.49. The summed E-state index contributed by atoms with van der Waals surface area (Å²) < 4.78 is 5.83. The van der Waals surface area contributed by atoms with Crippen LogP contribution in [0.1, 0.15) is 56.9 Å². The molecule has 0 bridgehead atoms. The van der Waals surface area contributed by atoms with Gasteiger partial charge in [-0.3, -0.25) is 29.8 Å². The van der Waals surface area contributed by atoms with Crippen molar-refractivity contribution in [2.24, 2.45) is 0 Å². The molecular weight excluding hydrogens is 478 g/mol. The minimum atomic E-state index is -0.734. The van der Waals surface area contributed by atoms with Crippen LogP contribution in [0.15, 0.2) is 65.0 Å². The fourth-order valence-corrected chi connectivity index (χ4v) is 5.66. The van der Waals surface area contributed by atoms with E-state index in [-0.39, 0.29) is 23.1 Å². The number of nitro groups is 2. The second kappa shape index (κ2) is 9.61. The average molecular weight is 504 g/mol. The SMILES string of the molecule is CCN1C2=C(C(=O)CCC2)C(c2cccc(Oc3ccc([N+](=O)[O-])cc3[N+](=O)[O-])c2)C2=C1CCCC2=O. The second-order valence-electron chi connectivity index (χ2n) is 9.29. The molecular formula is C27H25N3O7. The minimum absolute atomic E-state index is 0.0342. The summed E-state index contributed by atoms with van der Waals surface area (Å²) >= 11 is 0. The number of hydrogen-bond donors (Lipinski definition) is 0. The maximum Gasteiger partial charge on any atom is 0.318 e. The van der Waals surface area contributed by atoms with Gasteiger partial charge in [0.25, 0.3) is 5.69 Å². The molecule has 0 atom stereocenters. The van der Waals surface area contributed by atoms with Crippen LogP contribution in [-0.4, -0.2) is 32.9 Å². The molecule has 0 amide bonds. The third-order valence-electron chi connectivity index (χ3n) is 7.17. The Morgan fingerprint density at radius 1 is 0.892 bits per heavy atom. The van der Waals surface area contributed by atoms with Gasteiger partial charge in [0.1, 0.15) is 5.75 Å². The first kappa shape index (κ1) is 24.4. The molecule has 0 spiro atoms. The normalized spacial score (nSPS) is 18.0. The molecule has 1 aliphatic heterocycles. The van der Waals surface area contributed by atoms with Crippen LogP contribution in [0.2, 0.25) is 0 Å². The van der Waals surface area contributed by atoms with Crippen molar-refractivity contribution in [3.05, 3.63) is 90.8 Å². The van der Waals surface area contributed by atoms with E-state index in [1.807, 2.05) is 13.0 Å². The van der Waals surface area contributed by atoms with Gasteiger partial charge in [0.05, 0.1) is 15.9 Å². The van der Waals surface area contributed by atoms with Gasteiger partial charge in [-0.2, -0.15) is 0 Å². The average Bonchev–Trinajstić information content (AvgIpc) is 2.88. The lowest BCUT2D eigenvalue weighted by Gasteiger charge is -2.43. The molecule has 190 valence electrons. The zero-order valence-electron chi connectivity index (χ0n) is 20.3. The molecule has 0 aromatic heterocycles. The zero-order chi connectivity index (χ0) is 26.3. The third-order valence-corrected chi connectivity index (χ3v) is 7.17. The van der Waals surface area contributed by atoms with Gasteiger partial charge in [-0.15, -0.1) is 0 Å². The first-order valence-electron chi connectivity index (χ1n) is 12.3. The van der Waals surface area contributed by atoms with Crippen LogP contribution in [-0.2, 0) is 9.59 Å². The smallest absolute Gasteiger partial charge is 0.318 e. The maximum atomic E-state index is 13.3. The van der Waals surface area contributed by atoms with Crippen molar-refractivity contribution in [3.8, 4) is 11.5 Å². The van der Waals surface area contributed by atoms with E-state index in [9.17, 15) is 29.8 Å². The Hall–Kier alpha value is -4.34. The number of carbonyl (C=O) groups is 2. The Labute approximate surface area is 212 Å². The summed E-state index contributed by atoms with van der Waals surface area (Å²) in [7, 11) is 0. The number of Topliss-reactive ketones (excluding diaryl/α,β-unsaturated/α-hetero) is 2. The van der Waals surface area contributed by atoms with Gasteiger partial charge in [-0.05, 0) is 56.4 Å². The number of hydrogen-bond acceptors (Lipinski definition) is 8. The summed E-state index contributed by atoms with van der Waals surface area (Å²) in [4.78, 5) is 49.8. The molecule has 0 fully saturated rings. The summed E-state index contributed by atoms with van der Waals surface area (Å²) in [6.07, 6.45) is 3.92. The lowest BCUT2D eigenvalue weighted by molar-refractivity contribution is -0.394. The first-order valence-corrected chi connectivity index (χ1v) is 12.3. The number of nitrogens with zero attached hydrogens (tertiary/aromatic N) is 3. The number of rotatable bonds is 6. The van der Waals surface area contributed by atoms with E-state index in [0.29, 0.717) is 36.1 Å². The van der Waals surface area contributed by atoms with E-state index in [2.05, 4.69) is 4.90 Å². The molecule has 2 aromatic carbocycles. The summed E-state index contributed by atoms with van der Waals surface area (Å²) in [5.41, 5.74) is 3.02. The highest BCUT2D eigenvalue weighted by molar-refractivity contribution is 6.06. The van der Waals surface area contributed by atoms with Gasteiger partial charge in [0, 0.05) is 53.9 Å². The van der Waals surface area contributed by atoms with Crippen LogP contribution >= 0.6 is 0 Å². The van der Waals surface area contributed by atoms with Crippen molar-refractivity contribution >= 4 is 22.9 Å². The Bertz CT molecular complexity index is 1360. The van der Waals surface area contributed by atoms with Crippen LogP contribution < -0.4 is 4.74 Å². The van der Waals surface area contributed by atoms with Gasteiger partial charge in [0.2, 0.25) is 5.75 Å². The minimum Gasteiger partial charge on any atom is -0.450 e. The zero-order valence-corrected chi connectivity index (χ0v) is 20.3. The Balaban J connectivity index is 1.60. The Kier molecular flexibility index (Phi) is 6.32. The molecule has 0 saturated carbocycles. The maximum absolute atomic E-state index is 13.3. The van der Waals surface area contributed by atoms with E-state index >= 15 is 0 Å². The summed E-state index contributed by atoms with van der Waals surface area (Å²) in [5, 5.41) is 22.6. The molecule has 10 nitrogen and oxygen atoms in total. The van der Waals surface area contributed by atoms with Crippen LogP contribution in [0.5, 0.6) is 11.5 Å². The van der Waals surface area contributed by atoms with E-state index in [4.69, 9.17) is 4.74 Å². The van der Waals surface area contributed by atoms with Gasteiger partial charge in [-0.25, -0.2) is 0 Å². The summed E-state index contributed by atoms with van der Waals surface area (Å²) in [6, 6.07) is 10.1. The first-order chi connectivity index (χ1) is 17.8. The van der Waals surface area contributed by atoms with Gasteiger partial charge < -0.3 is 9.64 Å². The highest BCUT2D eigenvalue weighted by atomic mass is 16.6. The second-order valence-corrected chi connectivity index (χ2v) is 9.29. The summed E-state index contributed by atoms with van der Waals surface area (Å²) in [6.45, 7) is 2.71. The van der Waals surface area contributed by atoms with Crippen LogP contribution in [0.3, 0.4) is 0 Å². The largest absolute Gasteiger partial charge is 0.450 e. The number of non-ortho nitro benzene ring substituents is 1. The van der Waals surface area contributed by atoms with E-state index in [1.165, 1.54) is 6.07 Å². The van der Waals surface area contributed by atoms with Crippen molar-refractivity contribution in [1.82, 2.24) is 4.90 Å². The Morgan fingerprint density at radius 3 is 2.11 bits per heavy atom. The lowest BCUT2D eigenvalue weighted by atomic mass is 9.71. The third kappa shape index (κ3) is 4.28. The molecule has 3 aliphatic rings. The number of ketones is 2. The van der Waals surface area contributed by atoms with Crippen molar-refractivity contribution in [3.63, 3.8) is 0 Å². The molecule has 0 radical (unpaired) electrons. The van der Waals surface area contributed by atoms with Gasteiger partial charge in [-0.1, -0.05) is 12.1 Å². The van der Waals surface area contributed by atoms with Crippen molar-refractivity contribution in [2.75, 3.05) is 6.54 Å². The number of allylic oxidation sites excluding steroid dienone is 4.